The second-order valence-electron chi connectivity index (χ2n) is 8.29. The zero-order valence-corrected chi connectivity index (χ0v) is 14.6. The maximum absolute atomic E-state index is 11.9. The molecule has 4 aliphatic carbocycles. The standard InChI is InChI=1S/C21H28O3/c1-15(21-12-16-9-17(13-21)11-18(10-16)14-21)23-7-8-24-20(22)19-5-3-2-4-6-19/h2-6,15-18H,7-14H2,1H3. The summed E-state index contributed by atoms with van der Waals surface area (Å²) >= 11 is 0. The Labute approximate surface area is 144 Å². The lowest BCUT2D eigenvalue weighted by molar-refractivity contribution is -0.138. The van der Waals surface area contributed by atoms with Gasteiger partial charge >= 0.3 is 5.97 Å². The van der Waals surface area contributed by atoms with Crippen LogP contribution in [0.4, 0.5) is 0 Å². The van der Waals surface area contributed by atoms with E-state index in [1.165, 1.54) is 38.5 Å². The van der Waals surface area contributed by atoms with Crippen LogP contribution in [0.25, 0.3) is 0 Å². The van der Waals surface area contributed by atoms with Gasteiger partial charge in [-0.25, -0.2) is 4.79 Å². The second-order valence-corrected chi connectivity index (χ2v) is 8.29. The van der Waals surface area contributed by atoms with Gasteiger partial charge in [0.2, 0.25) is 0 Å². The molecule has 0 saturated heterocycles. The van der Waals surface area contributed by atoms with Gasteiger partial charge in [0.05, 0.1) is 18.3 Å². The molecule has 0 radical (unpaired) electrons. The third kappa shape index (κ3) is 3.11. The SMILES string of the molecule is CC(OCCOC(=O)c1ccccc1)C12CC3CC(CC(C3)C1)C2. The third-order valence-electron chi connectivity index (χ3n) is 6.64. The molecule has 0 N–H and O–H groups in total. The average molecular weight is 328 g/mol. The van der Waals surface area contributed by atoms with Crippen LogP contribution in [-0.2, 0) is 9.47 Å². The Morgan fingerprint density at radius 3 is 2.21 bits per heavy atom. The molecule has 4 aliphatic rings. The van der Waals surface area contributed by atoms with Gasteiger partial charge in [0.15, 0.2) is 0 Å². The van der Waals surface area contributed by atoms with Crippen LogP contribution in [0.3, 0.4) is 0 Å². The summed E-state index contributed by atoms with van der Waals surface area (Å²) in [6.45, 7) is 3.08. The average Bonchev–Trinajstić information content (AvgIpc) is 2.58. The zero-order chi connectivity index (χ0) is 16.6. The van der Waals surface area contributed by atoms with E-state index in [0.29, 0.717) is 24.2 Å². The smallest absolute Gasteiger partial charge is 0.338 e. The van der Waals surface area contributed by atoms with Crippen LogP contribution in [0.5, 0.6) is 0 Å². The van der Waals surface area contributed by atoms with Crippen molar-refractivity contribution in [2.45, 2.75) is 51.6 Å². The number of carbonyl (C=O) groups excluding carboxylic acids is 1. The summed E-state index contributed by atoms with van der Waals surface area (Å²) in [5.74, 6) is 2.57. The lowest BCUT2D eigenvalue weighted by atomic mass is 9.48. The molecule has 4 saturated carbocycles. The number of carbonyl (C=O) groups is 1. The predicted molar refractivity (Wildman–Crippen MR) is 92.7 cm³/mol. The van der Waals surface area contributed by atoms with Gasteiger partial charge in [-0.05, 0) is 80.8 Å². The van der Waals surface area contributed by atoms with Crippen molar-refractivity contribution >= 4 is 5.97 Å². The van der Waals surface area contributed by atoms with Crippen LogP contribution in [0.2, 0.25) is 0 Å². The van der Waals surface area contributed by atoms with E-state index in [0.717, 1.165) is 17.8 Å². The van der Waals surface area contributed by atoms with Gasteiger partial charge in [0.1, 0.15) is 6.61 Å². The number of hydrogen-bond donors (Lipinski definition) is 0. The maximum Gasteiger partial charge on any atom is 0.338 e. The molecule has 4 fully saturated rings. The Kier molecular flexibility index (Phi) is 4.38. The highest BCUT2D eigenvalue weighted by atomic mass is 16.6. The van der Waals surface area contributed by atoms with Gasteiger partial charge in [-0.1, -0.05) is 18.2 Å². The number of rotatable bonds is 6. The minimum Gasteiger partial charge on any atom is -0.460 e. The lowest BCUT2D eigenvalue weighted by Gasteiger charge is -2.58. The van der Waals surface area contributed by atoms with Gasteiger partial charge < -0.3 is 9.47 Å². The van der Waals surface area contributed by atoms with E-state index < -0.39 is 0 Å². The first-order valence-corrected chi connectivity index (χ1v) is 9.48. The van der Waals surface area contributed by atoms with Gasteiger partial charge in [-0.15, -0.1) is 0 Å². The van der Waals surface area contributed by atoms with Crippen LogP contribution in [-0.4, -0.2) is 25.3 Å². The zero-order valence-electron chi connectivity index (χ0n) is 14.6. The van der Waals surface area contributed by atoms with Crippen molar-refractivity contribution in [1.82, 2.24) is 0 Å². The molecule has 1 atom stereocenters. The highest BCUT2D eigenvalue weighted by molar-refractivity contribution is 5.89. The first kappa shape index (κ1) is 16.1. The highest BCUT2D eigenvalue weighted by Gasteiger charge is 2.53. The number of hydrogen-bond acceptors (Lipinski definition) is 3. The summed E-state index contributed by atoms with van der Waals surface area (Å²) in [4.78, 5) is 11.9. The number of esters is 1. The fourth-order valence-electron chi connectivity index (χ4n) is 5.87. The van der Waals surface area contributed by atoms with Crippen LogP contribution in [0, 0.1) is 23.2 Å². The first-order chi connectivity index (χ1) is 11.6. The Morgan fingerprint density at radius 1 is 1.04 bits per heavy atom. The molecule has 1 aromatic rings. The van der Waals surface area contributed by atoms with Crippen LogP contribution in [0.15, 0.2) is 30.3 Å². The quantitative estimate of drug-likeness (QED) is 0.571. The second kappa shape index (κ2) is 6.51. The third-order valence-corrected chi connectivity index (χ3v) is 6.64. The summed E-state index contributed by atoms with van der Waals surface area (Å²) < 4.78 is 11.5. The van der Waals surface area contributed by atoms with Crippen molar-refractivity contribution in [2.24, 2.45) is 23.2 Å². The molecule has 3 heteroatoms. The monoisotopic (exact) mass is 328 g/mol. The van der Waals surface area contributed by atoms with Crippen molar-refractivity contribution in [3.8, 4) is 0 Å². The summed E-state index contributed by atoms with van der Waals surface area (Å²) in [6, 6.07) is 9.15. The van der Waals surface area contributed by atoms with Crippen molar-refractivity contribution in [3.63, 3.8) is 0 Å². The van der Waals surface area contributed by atoms with Gasteiger partial charge in [-0.3, -0.25) is 0 Å². The van der Waals surface area contributed by atoms with E-state index in [1.807, 2.05) is 18.2 Å². The molecule has 4 bridgehead atoms. The fraction of sp³-hybridized carbons (Fsp3) is 0.667. The molecule has 130 valence electrons. The highest BCUT2D eigenvalue weighted by Crippen LogP contribution is 2.61. The normalized spacial score (nSPS) is 35.0. The predicted octanol–water partition coefficient (Wildman–Crippen LogP) is 4.46. The summed E-state index contributed by atoms with van der Waals surface area (Å²) in [5.41, 5.74) is 1.00. The van der Waals surface area contributed by atoms with E-state index in [4.69, 9.17) is 9.47 Å². The van der Waals surface area contributed by atoms with Crippen LogP contribution >= 0.6 is 0 Å². The molecule has 3 nitrogen and oxygen atoms in total. The Morgan fingerprint density at radius 2 is 1.62 bits per heavy atom. The van der Waals surface area contributed by atoms with Crippen molar-refractivity contribution in [1.29, 1.82) is 0 Å². The molecule has 24 heavy (non-hydrogen) atoms. The molecule has 0 amide bonds. The topological polar surface area (TPSA) is 35.5 Å². The molecular weight excluding hydrogens is 300 g/mol. The first-order valence-electron chi connectivity index (χ1n) is 9.48. The van der Waals surface area contributed by atoms with Gasteiger partial charge in [0.25, 0.3) is 0 Å². The summed E-state index contributed by atoms with van der Waals surface area (Å²) in [7, 11) is 0. The van der Waals surface area contributed by atoms with Crippen molar-refractivity contribution < 1.29 is 14.3 Å². The van der Waals surface area contributed by atoms with E-state index in [2.05, 4.69) is 6.92 Å². The minimum atomic E-state index is -0.262. The molecule has 0 spiro atoms. The lowest BCUT2D eigenvalue weighted by Crippen LogP contribution is -2.51. The van der Waals surface area contributed by atoms with E-state index >= 15 is 0 Å². The van der Waals surface area contributed by atoms with E-state index in [1.54, 1.807) is 12.1 Å². The van der Waals surface area contributed by atoms with Crippen molar-refractivity contribution in [2.75, 3.05) is 13.2 Å². The number of ether oxygens (including phenoxy) is 2. The molecule has 0 aromatic heterocycles. The molecule has 1 unspecified atom stereocenters. The van der Waals surface area contributed by atoms with Crippen molar-refractivity contribution in [3.05, 3.63) is 35.9 Å². The Balaban J connectivity index is 1.25. The largest absolute Gasteiger partial charge is 0.460 e. The molecule has 0 heterocycles. The maximum atomic E-state index is 11.9. The molecule has 1 aromatic carbocycles. The summed E-state index contributed by atoms with van der Waals surface area (Å²) in [6.07, 6.45) is 8.71. The Bertz CT molecular complexity index is 545. The molecule has 0 aliphatic heterocycles. The van der Waals surface area contributed by atoms with Gasteiger partial charge in [-0.2, -0.15) is 0 Å². The van der Waals surface area contributed by atoms with E-state index in [9.17, 15) is 4.79 Å². The van der Waals surface area contributed by atoms with Crippen LogP contribution in [0.1, 0.15) is 55.8 Å². The number of benzene rings is 1. The van der Waals surface area contributed by atoms with Crippen LogP contribution < -0.4 is 0 Å². The van der Waals surface area contributed by atoms with E-state index in [-0.39, 0.29) is 12.1 Å². The van der Waals surface area contributed by atoms with Gasteiger partial charge in [0, 0.05) is 0 Å². The minimum absolute atomic E-state index is 0.262. The fourth-order valence-corrected chi connectivity index (χ4v) is 5.87. The Hall–Kier alpha value is -1.35. The summed E-state index contributed by atoms with van der Waals surface area (Å²) in [5, 5.41) is 0. The molecule has 5 rings (SSSR count). The molecular formula is C21H28O3.